The topological polar surface area (TPSA) is 57.7 Å². The fourth-order valence-corrected chi connectivity index (χ4v) is 5.37. The van der Waals surface area contributed by atoms with Gasteiger partial charge < -0.3 is 4.90 Å². The number of nitrogens with zero attached hydrogens (tertiary/aromatic N) is 2. The summed E-state index contributed by atoms with van der Waals surface area (Å²) in [6.45, 7) is 8.30. The average molecular weight is 401 g/mol. The van der Waals surface area contributed by atoms with Gasteiger partial charge in [0.05, 0.1) is 5.02 Å². The molecule has 1 atom stereocenters. The molecule has 146 valence electrons. The van der Waals surface area contributed by atoms with Crippen LogP contribution in [0.5, 0.6) is 0 Å². The molecule has 1 saturated heterocycles. The lowest BCUT2D eigenvalue weighted by Crippen LogP contribution is -2.39. The minimum absolute atomic E-state index is 0.0330. The third-order valence-corrected chi connectivity index (χ3v) is 7.21. The molecule has 26 heavy (non-hydrogen) atoms. The number of carbonyl (C=O) groups is 1. The van der Waals surface area contributed by atoms with Crippen molar-refractivity contribution in [1.29, 1.82) is 0 Å². The zero-order chi connectivity index (χ0) is 19.3. The number of benzene rings is 1. The van der Waals surface area contributed by atoms with Crippen molar-refractivity contribution in [3.8, 4) is 0 Å². The van der Waals surface area contributed by atoms with Crippen molar-refractivity contribution in [1.82, 2.24) is 9.21 Å². The molecule has 1 aliphatic heterocycles. The number of rotatable bonds is 7. The predicted molar refractivity (Wildman–Crippen MR) is 105 cm³/mol. The van der Waals surface area contributed by atoms with Crippen LogP contribution in [0.4, 0.5) is 0 Å². The first kappa shape index (κ1) is 21.2. The molecule has 1 unspecified atom stereocenters. The highest BCUT2D eigenvalue weighted by atomic mass is 35.5. The Morgan fingerprint density at radius 2 is 2.08 bits per heavy atom. The monoisotopic (exact) mass is 400 g/mol. The molecule has 7 heteroatoms. The number of piperidine rings is 1. The number of amides is 1. The van der Waals surface area contributed by atoms with E-state index in [0.717, 1.165) is 25.7 Å². The van der Waals surface area contributed by atoms with Gasteiger partial charge in [0.15, 0.2) is 0 Å². The van der Waals surface area contributed by atoms with E-state index in [-0.39, 0.29) is 15.8 Å². The fourth-order valence-electron chi connectivity index (χ4n) is 3.27. The van der Waals surface area contributed by atoms with Crippen LogP contribution < -0.4 is 0 Å². The average Bonchev–Trinajstić information content (AvgIpc) is 2.62. The van der Waals surface area contributed by atoms with E-state index in [2.05, 4.69) is 13.8 Å². The maximum atomic E-state index is 13.1. The smallest absolute Gasteiger partial charge is 0.253 e. The first-order chi connectivity index (χ1) is 12.3. The third kappa shape index (κ3) is 4.78. The van der Waals surface area contributed by atoms with Gasteiger partial charge in [-0.3, -0.25) is 4.79 Å². The van der Waals surface area contributed by atoms with Crippen LogP contribution in [0.15, 0.2) is 23.1 Å². The Bertz CT molecular complexity index is 736. The van der Waals surface area contributed by atoms with Gasteiger partial charge >= 0.3 is 0 Å². The van der Waals surface area contributed by atoms with Crippen LogP contribution in [-0.4, -0.2) is 49.7 Å². The Morgan fingerprint density at radius 3 is 2.69 bits per heavy atom. The van der Waals surface area contributed by atoms with Crippen molar-refractivity contribution in [2.24, 2.45) is 5.92 Å². The van der Waals surface area contributed by atoms with Crippen molar-refractivity contribution >= 4 is 27.5 Å². The summed E-state index contributed by atoms with van der Waals surface area (Å²) in [6, 6.07) is 4.56. The highest BCUT2D eigenvalue weighted by molar-refractivity contribution is 7.89. The maximum absolute atomic E-state index is 13.1. The molecule has 0 aromatic heterocycles. The zero-order valence-corrected chi connectivity index (χ0v) is 17.4. The summed E-state index contributed by atoms with van der Waals surface area (Å²) in [5.74, 6) is 0.174. The first-order valence-electron chi connectivity index (χ1n) is 9.40. The van der Waals surface area contributed by atoms with Crippen LogP contribution in [0, 0.1) is 5.92 Å². The van der Waals surface area contributed by atoms with Crippen LogP contribution in [0.25, 0.3) is 0 Å². The van der Waals surface area contributed by atoms with Crippen molar-refractivity contribution in [3.63, 3.8) is 0 Å². The van der Waals surface area contributed by atoms with E-state index in [9.17, 15) is 13.2 Å². The Labute approximate surface area is 162 Å². The predicted octanol–water partition coefficient (Wildman–Crippen LogP) is 4.02. The van der Waals surface area contributed by atoms with Crippen LogP contribution >= 0.6 is 11.6 Å². The molecular formula is C19H29ClN2O3S. The van der Waals surface area contributed by atoms with Crippen LogP contribution in [0.2, 0.25) is 5.02 Å². The second-order valence-electron chi connectivity index (χ2n) is 6.99. The zero-order valence-electron chi connectivity index (χ0n) is 15.9. The van der Waals surface area contributed by atoms with Gasteiger partial charge in [-0.25, -0.2) is 8.42 Å². The van der Waals surface area contributed by atoms with Crippen molar-refractivity contribution < 1.29 is 13.2 Å². The van der Waals surface area contributed by atoms with Crippen LogP contribution in [0.1, 0.15) is 56.8 Å². The van der Waals surface area contributed by atoms with E-state index < -0.39 is 10.0 Å². The summed E-state index contributed by atoms with van der Waals surface area (Å²) in [7, 11) is -3.70. The Morgan fingerprint density at radius 1 is 1.35 bits per heavy atom. The molecule has 0 bridgehead atoms. The van der Waals surface area contributed by atoms with E-state index in [4.69, 9.17) is 11.6 Å². The molecule has 0 radical (unpaired) electrons. The SMILES string of the molecule is CCCCN(CC)C(=O)c1ccc(Cl)c(S(=O)(=O)N2CCCC(C)C2)c1. The summed E-state index contributed by atoms with van der Waals surface area (Å²) in [5, 5.41) is 0.163. The quantitative estimate of drug-likeness (QED) is 0.694. The second-order valence-corrected chi connectivity index (χ2v) is 9.31. The van der Waals surface area contributed by atoms with Crippen molar-refractivity contribution in [2.45, 2.75) is 51.3 Å². The Balaban J connectivity index is 2.33. The summed E-state index contributed by atoms with van der Waals surface area (Å²) in [4.78, 5) is 14.6. The molecule has 1 aromatic rings. The second kappa shape index (κ2) is 9.20. The van der Waals surface area contributed by atoms with Crippen LogP contribution in [-0.2, 0) is 10.0 Å². The molecule has 0 spiro atoms. The Kier molecular flexibility index (Phi) is 7.50. The lowest BCUT2D eigenvalue weighted by atomic mass is 10.0. The fraction of sp³-hybridized carbons (Fsp3) is 0.632. The molecule has 1 amide bonds. The van der Waals surface area contributed by atoms with E-state index in [1.54, 1.807) is 11.0 Å². The number of carbonyl (C=O) groups excluding carboxylic acids is 1. The van der Waals surface area contributed by atoms with Gasteiger partial charge in [0, 0.05) is 31.7 Å². The third-order valence-electron chi connectivity index (χ3n) is 4.87. The van der Waals surface area contributed by atoms with E-state index in [1.165, 1.54) is 16.4 Å². The normalized spacial score (nSPS) is 18.7. The number of hydrogen-bond donors (Lipinski definition) is 0. The minimum Gasteiger partial charge on any atom is -0.339 e. The molecule has 1 fully saturated rings. The number of halogens is 1. The highest BCUT2D eigenvalue weighted by Gasteiger charge is 2.31. The molecule has 0 aliphatic carbocycles. The minimum atomic E-state index is -3.70. The van der Waals surface area contributed by atoms with Gasteiger partial charge in [-0.05, 0) is 50.3 Å². The Hall–Kier alpha value is -1.11. The van der Waals surface area contributed by atoms with Gasteiger partial charge in [-0.2, -0.15) is 4.31 Å². The van der Waals surface area contributed by atoms with Gasteiger partial charge in [-0.1, -0.05) is 31.9 Å². The molecule has 0 saturated carbocycles. The summed E-state index contributed by atoms with van der Waals surface area (Å²) in [5.41, 5.74) is 0.371. The molecule has 5 nitrogen and oxygen atoms in total. The molecular weight excluding hydrogens is 372 g/mol. The van der Waals surface area contributed by atoms with Gasteiger partial charge in [-0.15, -0.1) is 0 Å². The van der Waals surface area contributed by atoms with Gasteiger partial charge in [0.25, 0.3) is 5.91 Å². The standard InChI is InChI=1S/C19H29ClN2O3S/c1-4-6-11-21(5-2)19(23)16-9-10-17(20)18(13-16)26(24,25)22-12-7-8-15(3)14-22/h9-10,13,15H,4-8,11-12,14H2,1-3H3. The molecule has 2 rings (SSSR count). The van der Waals surface area contributed by atoms with Gasteiger partial charge in [0.1, 0.15) is 4.90 Å². The molecule has 1 heterocycles. The van der Waals surface area contributed by atoms with E-state index in [1.807, 2.05) is 6.92 Å². The molecule has 1 aromatic carbocycles. The lowest BCUT2D eigenvalue weighted by molar-refractivity contribution is 0.0762. The molecule has 1 aliphatic rings. The van der Waals surface area contributed by atoms with Crippen molar-refractivity contribution in [3.05, 3.63) is 28.8 Å². The summed E-state index contributed by atoms with van der Waals surface area (Å²) < 4.78 is 27.6. The van der Waals surface area contributed by atoms with E-state index in [0.29, 0.717) is 37.7 Å². The van der Waals surface area contributed by atoms with Crippen LogP contribution in [0.3, 0.4) is 0 Å². The largest absolute Gasteiger partial charge is 0.339 e. The van der Waals surface area contributed by atoms with Gasteiger partial charge in [0.2, 0.25) is 10.0 Å². The van der Waals surface area contributed by atoms with E-state index >= 15 is 0 Å². The maximum Gasteiger partial charge on any atom is 0.253 e. The summed E-state index contributed by atoms with van der Waals surface area (Å²) in [6.07, 6.45) is 3.79. The lowest BCUT2D eigenvalue weighted by Gasteiger charge is -2.30. The number of sulfonamides is 1. The first-order valence-corrected chi connectivity index (χ1v) is 11.2. The van der Waals surface area contributed by atoms with Crippen molar-refractivity contribution in [2.75, 3.05) is 26.2 Å². The number of unbranched alkanes of at least 4 members (excludes halogenated alkanes) is 1. The molecule has 0 N–H and O–H groups in total. The highest BCUT2D eigenvalue weighted by Crippen LogP contribution is 2.29. The number of hydrogen-bond acceptors (Lipinski definition) is 3. The summed E-state index contributed by atoms with van der Waals surface area (Å²) >= 11 is 6.21.